The Hall–Kier alpha value is -3.89. The van der Waals surface area contributed by atoms with Crippen LogP contribution in [0.15, 0.2) is 58.7 Å². The Morgan fingerprint density at radius 1 is 0.917 bits per heavy atom. The minimum Gasteiger partial charge on any atom is -0.505 e. The van der Waals surface area contributed by atoms with E-state index in [1.165, 1.54) is 26.0 Å². The van der Waals surface area contributed by atoms with Gasteiger partial charge in [-0.1, -0.05) is 86.9 Å². The van der Waals surface area contributed by atoms with Gasteiger partial charge in [-0.15, -0.1) is 0 Å². The lowest BCUT2D eigenvalue weighted by atomic mass is 9.88. The van der Waals surface area contributed by atoms with E-state index in [-0.39, 0.29) is 35.4 Å². The van der Waals surface area contributed by atoms with E-state index in [9.17, 15) is 55.2 Å². The molecular formula is C52H74Cl2O18. The second kappa shape index (κ2) is 26.5. The van der Waals surface area contributed by atoms with Gasteiger partial charge in [0.2, 0.25) is 0 Å². The van der Waals surface area contributed by atoms with Gasteiger partial charge in [0.05, 0.1) is 60.1 Å². The number of carbonyl (C=O) groups is 3. The van der Waals surface area contributed by atoms with Crippen molar-refractivity contribution < 1.29 is 88.4 Å². The second-order valence-corrected chi connectivity index (χ2v) is 20.3. The van der Waals surface area contributed by atoms with E-state index in [1.807, 2.05) is 26.0 Å². The summed E-state index contributed by atoms with van der Waals surface area (Å²) in [5.41, 5.74) is 0.221. The van der Waals surface area contributed by atoms with Crippen LogP contribution in [0.2, 0.25) is 10.0 Å². The molecule has 0 aliphatic carbocycles. The van der Waals surface area contributed by atoms with Crippen LogP contribution in [0.4, 0.5) is 0 Å². The average molecular weight is 1060 g/mol. The molecule has 8 N–H and O–H groups in total. The number of aliphatic hydroxyl groups is 6. The van der Waals surface area contributed by atoms with Gasteiger partial charge in [0.25, 0.3) is 0 Å². The van der Waals surface area contributed by atoms with Crippen LogP contribution in [0.25, 0.3) is 0 Å². The fourth-order valence-electron chi connectivity index (χ4n) is 8.65. The topological polar surface area (TPSA) is 278 Å². The third-order valence-corrected chi connectivity index (χ3v) is 13.9. The molecule has 18 nitrogen and oxygen atoms in total. The Bertz CT molecular complexity index is 2220. The number of hydrogen-bond acceptors (Lipinski definition) is 18. The maximum atomic E-state index is 13.9. The molecule has 3 heterocycles. The first-order chi connectivity index (χ1) is 33.7. The van der Waals surface area contributed by atoms with Gasteiger partial charge < -0.3 is 74.0 Å². The van der Waals surface area contributed by atoms with Crippen LogP contribution in [-0.2, 0) is 49.2 Å². The van der Waals surface area contributed by atoms with Crippen molar-refractivity contribution in [3.05, 3.63) is 79.9 Å². The van der Waals surface area contributed by atoms with Crippen LogP contribution >= 0.6 is 23.2 Å². The van der Waals surface area contributed by atoms with Crippen LogP contribution in [-0.4, -0.2) is 151 Å². The molecule has 72 heavy (non-hydrogen) atoms. The number of hydrogen-bond donors (Lipinski definition) is 8. The Kier molecular flexibility index (Phi) is 22.4. The van der Waals surface area contributed by atoms with Crippen LogP contribution in [0.1, 0.15) is 111 Å². The lowest BCUT2D eigenvalue weighted by Crippen LogP contribution is -2.64. The van der Waals surface area contributed by atoms with Crippen molar-refractivity contribution in [3.63, 3.8) is 0 Å². The molecule has 0 amide bonds. The molecule has 404 valence electrons. The van der Waals surface area contributed by atoms with E-state index in [1.54, 1.807) is 60.6 Å². The average Bonchev–Trinajstić information content (AvgIpc) is 3.32. The van der Waals surface area contributed by atoms with Crippen LogP contribution < -0.4 is 0 Å². The van der Waals surface area contributed by atoms with Gasteiger partial charge in [0.1, 0.15) is 40.6 Å². The predicted molar refractivity (Wildman–Crippen MR) is 265 cm³/mol. The second-order valence-electron chi connectivity index (χ2n) is 19.5. The highest BCUT2D eigenvalue weighted by Crippen LogP contribution is 2.45. The van der Waals surface area contributed by atoms with Gasteiger partial charge in [-0.3, -0.25) is 4.79 Å². The van der Waals surface area contributed by atoms with Crippen molar-refractivity contribution in [2.75, 3.05) is 13.2 Å². The minimum atomic E-state index is -1.61. The molecule has 4 rings (SSSR count). The molecule has 0 spiro atoms. The number of esters is 3. The molecule has 0 unspecified atom stereocenters. The molecule has 0 aromatic heterocycles. The Labute approximate surface area is 431 Å². The van der Waals surface area contributed by atoms with Crippen molar-refractivity contribution in [1.82, 2.24) is 0 Å². The number of phenolic OH excluding ortho intramolecular Hbond substituents is 2. The molecule has 20 heteroatoms. The summed E-state index contributed by atoms with van der Waals surface area (Å²) >= 11 is 12.2. The molecule has 2 saturated heterocycles. The van der Waals surface area contributed by atoms with Crippen LogP contribution in [0.3, 0.4) is 0 Å². The number of cyclic esters (lactones) is 1. The van der Waals surface area contributed by atoms with Gasteiger partial charge in [-0.25, -0.2) is 9.59 Å². The molecule has 3 aliphatic heterocycles. The zero-order chi connectivity index (χ0) is 54.1. The molecule has 2 fully saturated rings. The Balaban J connectivity index is 1.61. The van der Waals surface area contributed by atoms with Crippen LogP contribution in [0.5, 0.6) is 11.5 Å². The fraction of sp³-hybridized carbons (Fsp3) is 0.635. The molecule has 1 aromatic rings. The highest BCUT2D eigenvalue weighted by atomic mass is 35.5. The number of rotatable bonds is 13. The number of benzene rings is 1. The van der Waals surface area contributed by atoms with E-state index in [2.05, 4.69) is 0 Å². The van der Waals surface area contributed by atoms with E-state index < -0.39 is 150 Å². The molecule has 0 bridgehead atoms. The van der Waals surface area contributed by atoms with Crippen molar-refractivity contribution >= 4 is 41.1 Å². The number of aromatic hydroxyl groups is 2. The first-order valence-electron chi connectivity index (χ1n) is 24.2. The first-order valence-corrected chi connectivity index (χ1v) is 25.0. The molecule has 1 aromatic carbocycles. The molecule has 0 saturated carbocycles. The quantitative estimate of drug-likeness (QED) is 0.0656. The van der Waals surface area contributed by atoms with E-state index in [4.69, 9.17) is 56.4 Å². The number of ether oxygens (including phenoxy) is 7. The van der Waals surface area contributed by atoms with E-state index in [0.717, 1.165) is 0 Å². The standard InChI is InChI=1S/C52H74Cl2O18/c1-12-30-21-26(6)34(57)17-15-14-16-31(23-66-50-33(22-55)39(58)45(29(9)67-50)69-49(65)36-32(13-2)37(53)41(60)38(54)40(36)59)48(64)68-35(28(8)56)19-18-25(5)20-27(7)44(30)70-51-43(62)42(61)46(52(10,11)72-51)71-47(63)24(3)4/h14-16,18,20-21,24,28-30,33-35,39,42-46,50-51,55-62H,12-13,17,19,22-23H2,1-11H3/t28-,29-,30+,33+,34+,35+,39-,42-,43+,44+,45-,46+,50-,51-/m1/s1. The zero-order valence-electron chi connectivity index (χ0n) is 42.8. The number of carbonyl (C=O) groups excluding carboxylic acids is 3. The third kappa shape index (κ3) is 14.7. The minimum absolute atomic E-state index is 0.0413. The van der Waals surface area contributed by atoms with Gasteiger partial charge in [-0.05, 0) is 90.5 Å². The maximum absolute atomic E-state index is 13.9. The first kappa shape index (κ1) is 60.7. The summed E-state index contributed by atoms with van der Waals surface area (Å²) in [6.07, 6.45) is -4.48. The summed E-state index contributed by atoms with van der Waals surface area (Å²) < 4.78 is 41.8. The predicted octanol–water partition coefficient (Wildman–Crippen LogP) is 5.83. The number of allylic oxidation sites excluding steroid dienone is 4. The Morgan fingerprint density at radius 2 is 1.58 bits per heavy atom. The summed E-state index contributed by atoms with van der Waals surface area (Å²) in [6, 6.07) is 0. The number of phenols is 2. The largest absolute Gasteiger partial charge is 0.505 e. The lowest BCUT2D eigenvalue weighted by Gasteiger charge is -2.47. The van der Waals surface area contributed by atoms with Crippen molar-refractivity contribution in [3.8, 4) is 11.5 Å². The molecule has 14 atom stereocenters. The summed E-state index contributed by atoms with van der Waals surface area (Å²) in [6.45, 7) is 17.2. The number of aliphatic hydroxyl groups excluding tert-OH is 6. The van der Waals surface area contributed by atoms with Crippen molar-refractivity contribution in [2.24, 2.45) is 17.8 Å². The normalized spacial score (nSPS) is 31.5. The molecule has 3 aliphatic rings. The summed E-state index contributed by atoms with van der Waals surface area (Å²) in [7, 11) is 0. The van der Waals surface area contributed by atoms with Gasteiger partial charge in [0.15, 0.2) is 36.3 Å². The Morgan fingerprint density at radius 3 is 2.18 bits per heavy atom. The van der Waals surface area contributed by atoms with Crippen molar-refractivity contribution in [1.29, 1.82) is 0 Å². The SMILES string of the molecule is CCc1c(Cl)c(O)c(Cl)c(O)c1C(=O)O[C@H]1[C@H](O)[C@H](CO)[C@H](OCC2=CC=CC[C@H](O)C(C)=C[C@H](CC)[C@@H](O[C@@H]3OC(C)(C)[C@@H](OC(=O)C(C)C)[C@H](O)[C@@H]3O)C(C)=CC(C)=CC[C@@H]([C@@H](C)O)OC2=O)O[C@@H]1C. The summed E-state index contributed by atoms with van der Waals surface area (Å²) in [5.74, 6) is -6.11. The molecule has 0 radical (unpaired) electrons. The van der Waals surface area contributed by atoms with Gasteiger partial charge >= 0.3 is 17.9 Å². The third-order valence-electron chi connectivity index (χ3n) is 13.1. The molecular weight excluding hydrogens is 983 g/mol. The summed E-state index contributed by atoms with van der Waals surface area (Å²) in [4.78, 5) is 40.0. The van der Waals surface area contributed by atoms with E-state index >= 15 is 0 Å². The maximum Gasteiger partial charge on any atom is 0.342 e. The lowest BCUT2D eigenvalue weighted by molar-refractivity contribution is -0.333. The number of halogens is 2. The van der Waals surface area contributed by atoms with E-state index in [0.29, 0.717) is 23.1 Å². The highest BCUT2D eigenvalue weighted by Gasteiger charge is 2.53. The summed E-state index contributed by atoms with van der Waals surface area (Å²) in [5, 5.41) is 86.8. The van der Waals surface area contributed by atoms with Gasteiger partial charge in [-0.2, -0.15) is 0 Å². The van der Waals surface area contributed by atoms with Crippen LogP contribution in [0, 0.1) is 17.8 Å². The monoisotopic (exact) mass is 1060 g/mol. The smallest absolute Gasteiger partial charge is 0.342 e. The van der Waals surface area contributed by atoms with Crippen molar-refractivity contribution in [2.45, 2.75) is 181 Å². The highest BCUT2D eigenvalue weighted by molar-refractivity contribution is 6.39. The fourth-order valence-corrected chi connectivity index (χ4v) is 9.21. The zero-order valence-corrected chi connectivity index (χ0v) is 44.3. The van der Waals surface area contributed by atoms with Gasteiger partial charge in [0, 0.05) is 12.3 Å².